The summed E-state index contributed by atoms with van der Waals surface area (Å²) in [7, 11) is 0. The number of imide groups is 1. The average Bonchev–Trinajstić information content (AvgIpc) is 3.38. The summed E-state index contributed by atoms with van der Waals surface area (Å²) in [4.78, 5) is 39.2. The first-order chi connectivity index (χ1) is 14.0. The van der Waals surface area contributed by atoms with E-state index in [9.17, 15) is 27.6 Å². The lowest BCUT2D eigenvalue weighted by molar-refractivity contribution is -0.160. The van der Waals surface area contributed by atoms with Crippen molar-refractivity contribution in [2.24, 2.45) is 23.7 Å². The fourth-order valence-electron chi connectivity index (χ4n) is 3.74. The van der Waals surface area contributed by atoms with E-state index in [-0.39, 0.29) is 25.0 Å². The van der Waals surface area contributed by atoms with Gasteiger partial charge >= 0.3 is 18.2 Å². The minimum absolute atomic E-state index is 0.00245. The van der Waals surface area contributed by atoms with Crippen molar-refractivity contribution in [1.82, 2.24) is 4.90 Å². The van der Waals surface area contributed by atoms with E-state index < -0.39 is 54.9 Å². The molecule has 2 fully saturated rings. The van der Waals surface area contributed by atoms with Crippen LogP contribution in [0, 0.1) is 23.7 Å². The Morgan fingerprint density at radius 2 is 1.90 bits per heavy atom. The summed E-state index contributed by atoms with van der Waals surface area (Å²) < 4.78 is 49.3. The molecule has 2 rings (SSSR count). The summed E-state index contributed by atoms with van der Waals surface area (Å²) in [6.07, 6.45) is -3.62. The van der Waals surface area contributed by atoms with Crippen LogP contribution >= 0.6 is 0 Å². The van der Waals surface area contributed by atoms with Gasteiger partial charge in [0.15, 0.2) is 0 Å². The fourth-order valence-corrected chi connectivity index (χ4v) is 3.74. The molecule has 0 aromatic rings. The van der Waals surface area contributed by atoms with Gasteiger partial charge in [0.1, 0.15) is 6.61 Å². The number of carbonyl (C=O) groups excluding carboxylic acids is 3. The van der Waals surface area contributed by atoms with Crippen molar-refractivity contribution in [3.05, 3.63) is 0 Å². The predicted molar refractivity (Wildman–Crippen MR) is 102 cm³/mol. The fraction of sp³-hybridized carbons (Fsp3) is 0.857. The van der Waals surface area contributed by atoms with Crippen molar-refractivity contribution in [3.8, 4) is 0 Å². The van der Waals surface area contributed by atoms with Gasteiger partial charge in [0.2, 0.25) is 5.91 Å². The molecule has 0 N–H and O–H groups in total. The molecule has 0 bridgehead atoms. The Balaban J connectivity index is 2.28. The van der Waals surface area contributed by atoms with Crippen LogP contribution in [0.25, 0.3) is 0 Å². The Labute approximate surface area is 175 Å². The number of hydrogen-bond acceptors (Lipinski definition) is 5. The highest BCUT2D eigenvalue weighted by Gasteiger charge is 2.47. The Morgan fingerprint density at radius 3 is 2.43 bits per heavy atom. The highest BCUT2D eigenvalue weighted by atomic mass is 19.4. The zero-order valence-corrected chi connectivity index (χ0v) is 17.9. The van der Waals surface area contributed by atoms with Gasteiger partial charge in [-0.05, 0) is 31.1 Å². The van der Waals surface area contributed by atoms with Crippen LogP contribution in [-0.2, 0) is 19.1 Å². The number of amides is 2. The summed E-state index contributed by atoms with van der Waals surface area (Å²) in [5.41, 5.74) is 0. The lowest BCUT2D eigenvalue weighted by atomic mass is 9.82. The van der Waals surface area contributed by atoms with Gasteiger partial charge in [0, 0.05) is 6.42 Å². The van der Waals surface area contributed by atoms with E-state index in [4.69, 9.17) is 9.47 Å². The second kappa shape index (κ2) is 10.5. The minimum Gasteiger partial charge on any atom is -0.465 e. The van der Waals surface area contributed by atoms with Gasteiger partial charge in [-0.25, -0.2) is 9.69 Å². The number of unbranched alkanes of at least 4 members (excludes halogenated alkanes) is 1. The Kier molecular flexibility index (Phi) is 8.55. The molecule has 0 aromatic carbocycles. The van der Waals surface area contributed by atoms with Gasteiger partial charge in [-0.1, -0.05) is 40.0 Å². The molecule has 1 heterocycles. The maximum absolute atomic E-state index is 13.3. The first-order valence-corrected chi connectivity index (χ1v) is 10.8. The van der Waals surface area contributed by atoms with Crippen molar-refractivity contribution in [2.45, 2.75) is 77.9 Å². The topological polar surface area (TPSA) is 72.9 Å². The molecule has 172 valence electrons. The number of hydrogen-bond donors (Lipinski definition) is 0. The van der Waals surface area contributed by atoms with Crippen LogP contribution < -0.4 is 0 Å². The SMILES string of the molecule is CCCCOC(=O)C(CC1CC1)C(CCC(F)(F)F)C(=O)N1C(=O)OCC1C(C)C. The third-order valence-electron chi connectivity index (χ3n) is 5.78. The first kappa shape index (κ1) is 24.5. The van der Waals surface area contributed by atoms with E-state index in [1.807, 2.05) is 6.92 Å². The number of nitrogens with zero attached hydrogens (tertiary/aromatic N) is 1. The average molecular weight is 435 g/mol. The highest BCUT2D eigenvalue weighted by Crippen LogP contribution is 2.41. The van der Waals surface area contributed by atoms with Crippen LogP contribution in [0.4, 0.5) is 18.0 Å². The number of ether oxygens (including phenoxy) is 2. The summed E-state index contributed by atoms with van der Waals surface area (Å²) in [5.74, 6) is -3.61. The Bertz CT molecular complexity index is 618. The standard InChI is InChI=1S/C21H32F3NO5/c1-4-5-10-29-19(27)16(11-14-6-7-14)15(8-9-21(22,23)24)18(26)25-17(13(2)3)12-30-20(25)28/h13-17H,4-12H2,1-3H3. The first-order valence-electron chi connectivity index (χ1n) is 10.8. The summed E-state index contributed by atoms with van der Waals surface area (Å²) in [6.45, 7) is 5.70. The maximum atomic E-state index is 13.3. The molecule has 0 spiro atoms. The van der Waals surface area contributed by atoms with Gasteiger partial charge < -0.3 is 9.47 Å². The van der Waals surface area contributed by atoms with Gasteiger partial charge in [0.25, 0.3) is 0 Å². The highest BCUT2D eigenvalue weighted by molar-refractivity contribution is 5.96. The molecule has 30 heavy (non-hydrogen) atoms. The molecule has 9 heteroatoms. The molecule has 0 aromatic heterocycles. The van der Waals surface area contributed by atoms with Gasteiger partial charge in [-0.15, -0.1) is 0 Å². The van der Waals surface area contributed by atoms with E-state index in [0.717, 1.165) is 24.2 Å². The third-order valence-corrected chi connectivity index (χ3v) is 5.78. The van der Waals surface area contributed by atoms with Crippen LogP contribution in [-0.4, -0.2) is 48.3 Å². The monoisotopic (exact) mass is 435 g/mol. The van der Waals surface area contributed by atoms with Crippen LogP contribution in [0.2, 0.25) is 0 Å². The zero-order valence-electron chi connectivity index (χ0n) is 17.9. The maximum Gasteiger partial charge on any atom is 0.416 e. The predicted octanol–water partition coefficient (Wildman–Crippen LogP) is 4.71. The van der Waals surface area contributed by atoms with Crippen LogP contribution in [0.15, 0.2) is 0 Å². The molecule has 3 atom stereocenters. The number of esters is 1. The lowest BCUT2D eigenvalue weighted by Gasteiger charge is -2.31. The van der Waals surface area contributed by atoms with Gasteiger partial charge in [-0.3, -0.25) is 9.59 Å². The molecule has 2 amide bonds. The molecular formula is C21H32F3NO5. The van der Waals surface area contributed by atoms with Crippen molar-refractivity contribution in [3.63, 3.8) is 0 Å². The van der Waals surface area contributed by atoms with Crippen molar-refractivity contribution >= 4 is 18.0 Å². The lowest BCUT2D eigenvalue weighted by Crippen LogP contribution is -2.48. The van der Waals surface area contributed by atoms with Gasteiger partial charge in [-0.2, -0.15) is 13.2 Å². The van der Waals surface area contributed by atoms with E-state index in [1.165, 1.54) is 0 Å². The second-order valence-electron chi connectivity index (χ2n) is 8.66. The molecule has 3 unspecified atom stereocenters. The van der Waals surface area contributed by atoms with E-state index in [0.29, 0.717) is 12.8 Å². The van der Waals surface area contributed by atoms with E-state index in [1.54, 1.807) is 13.8 Å². The Morgan fingerprint density at radius 1 is 1.23 bits per heavy atom. The van der Waals surface area contributed by atoms with Crippen LogP contribution in [0.5, 0.6) is 0 Å². The second-order valence-corrected chi connectivity index (χ2v) is 8.66. The normalized spacial score (nSPS) is 21.5. The van der Waals surface area contributed by atoms with Crippen LogP contribution in [0.1, 0.15) is 65.7 Å². The minimum atomic E-state index is -4.47. The molecule has 1 saturated heterocycles. The van der Waals surface area contributed by atoms with E-state index in [2.05, 4.69) is 0 Å². The van der Waals surface area contributed by atoms with Crippen LogP contribution in [0.3, 0.4) is 0 Å². The molecular weight excluding hydrogens is 403 g/mol. The number of cyclic esters (lactones) is 1. The van der Waals surface area contributed by atoms with E-state index >= 15 is 0 Å². The smallest absolute Gasteiger partial charge is 0.416 e. The molecule has 1 aliphatic heterocycles. The molecule has 6 nitrogen and oxygen atoms in total. The number of carbonyl (C=O) groups is 3. The summed E-state index contributed by atoms with van der Waals surface area (Å²) in [6, 6.07) is -0.559. The number of alkyl halides is 3. The zero-order chi connectivity index (χ0) is 22.5. The quantitative estimate of drug-likeness (QED) is 0.347. The summed E-state index contributed by atoms with van der Waals surface area (Å²) >= 11 is 0. The van der Waals surface area contributed by atoms with Crippen molar-refractivity contribution in [1.29, 1.82) is 0 Å². The Hall–Kier alpha value is -1.80. The molecule has 1 aliphatic carbocycles. The molecule has 1 saturated carbocycles. The third kappa shape index (κ3) is 6.87. The molecule has 2 aliphatic rings. The number of halogens is 3. The number of rotatable bonds is 11. The summed E-state index contributed by atoms with van der Waals surface area (Å²) in [5, 5.41) is 0. The van der Waals surface area contributed by atoms with Gasteiger partial charge in [0.05, 0.1) is 24.5 Å². The van der Waals surface area contributed by atoms with Crippen molar-refractivity contribution < 1.29 is 37.0 Å². The molecule has 0 radical (unpaired) electrons. The van der Waals surface area contributed by atoms with Crippen molar-refractivity contribution in [2.75, 3.05) is 13.2 Å². The largest absolute Gasteiger partial charge is 0.465 e.